The smallest absolute Gasteiger partial charge is 0.216 e. The molecule has 0 spiro atoms. The third kappa shape index (κ3) is 4.33. The Labute approximate surface area is 166 Å². The lowest BCUT2D eigenvalue weighted by atomic mass is 10.2. The summed E-state index contributed by atoms with van der Waals surface area (Å²) in [5, 5.41) is 12.4. The number of H-pyrrole nitrogens is 1. The summed E-state index contributed by atoms with van der Waals surface area (Å²) in [5.41, 5.74) is 1.59. The highest BCUT2D eigenvalue weighted by Crippen LogP contribution is 2.29. The van der Waals surface area contributed by atoms with Crippen LogP contribution in [-0.4, -0.2) is 27.7 Å². The van der Waals surface area contributed by atoms with E-state index >= 15 is 0 Å². The Balaban J connectivity index is 1.87. The molecule has 0 fully saturated rings. The summed E-state index contributed by atoms with van der Waals surface area (Å²) < 4.78 is 7.46. The molecule has 0 unspecified atom stereocenters. The number of benzene rings is 2. The standard InChI is InChI=1S/C18H16Cl2N4OS/c1-2-9-25-14-6-3-12(4-7-14)11-21-24-17(22-23-18(24)26)15-8-5-13(19)10-16(15)20/h3-8,10-11H,2,9H2,1H3,(H,23,26)/b21-11-. The van der Waals surface area contributed by atoms with Crippen LogP contribution in [0.5, 0.6) is 5.75 Å². The second-order valence-corrected chi connectivity index (χ2v) is 6.68. The van der Waals surface area contributed by atoms with E-state index in [2.05, 4.69) is 22.2 Å². The third-order valence-electron chi connectivity index (χ3n) is 3.50. The number of hydrogen-bond donors (Lipinski definition) is 1. The first kappa shape index (κ1) is 18.6. The van der Waals surface area contributed by atoms with Gasteiger partial charge in [0.2, 0.25) is 4.77 Å². The fourth-order valence-electron chi connectivity index (χ4n) is 2.24. The highest BCUT2D eigenvalue weighted by molar-refractivity contribution is 7.71. The van der Waals surface area contributed by atoms with E-state index in [0.29, 0.717) is 32.8 Å². The number of aromatic amines is 1. The molecule has 0 aliphatic carbocycles. The van der Waals surface area contributed by atoms with Crippen LogP contribution in [0, 0.1) is 4.77 Å². The van der Waals surface area contributed by atoms with Crippen molar-refractivity contribution in [3.63, 3.8) is 0 Å². The van der Waals surface area contributed by atoms with Crippen LogP contribution in [0.2, 0.25) is 10.0 Å². The molecule has 0 bridgehead atoms. The van der Waals surface area contributed by atoms with Gasteiger partial charge in [-0.2, -0.15) is 14.9 Å². The Morgan fingerprint density at radius 2 is 2.00 bits per heavy atom. The van der Waals surface area contributed by atoms with E-state index < -0.39 is 0 Å². The normalized spacial score (nSPS) is 11.2. The van der Waals surface area contributed by atoms with Gasteiger partial charge in [0.15, 0.2) is 5.82 Å². The Hall–Kier alpha value is -2.15. The first-order valence-corrected chi connectivity index (χ1v) is 9.15. The van der Waals surface area contributed by atoms with Gasteiger partial charge in [-0.05, 0) is 66.7 Å². The highest BCUT2D eigenvalue weighted by atomic mass is 35.5. The van der Waals surface area contributed by atoms with Crippen LogP contribution in [0.15, 0.2) is 47.6 Å². The number of halogens is 2. The van der Waals surface area contributed by atoms with E-state index in [-0.39, 0.29) is 0 Å². The molecule has 26 heavy (non-hydrogen) atoms. The van der Waals surface area contributed by atoms with Crippen molar-refractivity contribution < 1.29 is 4.74 Å². The molecule has 1 aromatic heterocycles. The van der Waals surface area contributed by atoms with Gasteiger partial charge in [0, 0.05) is 10.6 Å². The van der Waals surface area contributed by atoms with Crippen molar-refractivity contribution in [1.29, 1.82) is 0 Å². The number of aromatic nitrogens is 3. The molecule has 0 aliphatic heterocycles. The fraction of sp³-hybridized carbons (Fsp3) is 0.167. The van der Waals surface area contributed by atoms with E-state index in [4.69, 9.17) is 40.2 Å². The van der Waals surface area contributed by atoms with Gasteiger partial charge >= 0.3 is 0 Å². The molecule has 5 nitrogen and oxygen atoms in total. The van der Waals surface area contributed by atoms with Crippen LogP contribution in [0.3, 0.4) is 0 Å². The number of hydrogen-bond acceptors (Lipinski definition) is 4. The van der Waals surface area contributed by atoms with Gasteiger partial charge in [-0.1, -0.05) is 30.1 Å². The molecule has 0 atom stereocenters. The van der Waals surface area contributed by atoms with E-state index in [1.54, 1.807) is 24.4 Å². The lowest BCUT2D eigenvalue weighted by molar-refractivity contribution is 0.317. The van der Waals surface area contributed by atoms with E-state index in [1.165, 1.54) is 4.68 Å². The van der Waals surface area contributed by atoms with Gasteiger partial charge in [-0.25, -0.2) is 5.10 Å². The van der Waals surface area contributed by atoms with Gasteiger partial charge in [-0.3, -0.25) is 0 Å². The summed E-state index contributed by atoms with van der Waals surface area (Å²) in [6.45, 7) is 2.77. The second-order valence-electron chi connectivity index (χ2n) is 5.45. The largest absolute Gasteiger partial charge is 0.494 e. The number of nitrogens with zero attached hydrogens (tertiary/aromatic N) is 3. The highest BCUT2D eigenvalue weighted by Gasteiger charge is 2.12. The molecule has 0 radical (unpaired) electrons. The summed E-state index contributed by atoms with van der Waals surface area (Å²) in [7, 11) is 0. The molecule has 134 valence electrons. The monoisotopic (exact) mass is 406 g/mol. The van der Waals surface area contributed by atoms with Gasteiger partial charge < -0.3 is 4.74 Å². The predicted octanol–water partition coefficient (Wildman–Crippen LogP) is 5.59. The average molecular weight is 407 g/mol. The van der Waals surface area contributed by atoms with Gasteiger partial charge in [0.25, 0.3) is 0 Å². The van der Waals surface area contributed by atoms with Crippen molar-refractivity contribution in [1.82, 2.24) is 14.9 Å². The zero-order valence-corrected chi connectivity index (χ0v) is 16.3. The molecule has 1 N–H and O–H groups in total. The Bertz CT molecular complexity index is 980. The Morgan fingerprint density at radius 3 is 2.69 bits per heavy atom. The van der Waals surface area contributed by atoms with Crippen LogP contribution in [0.4, 0.5) is 0 Å². The lowest BCUT2D eigenvalue weighted by Crippen LogP contribution is -1.96. The van der Waals surface area contributed by atoms with Crippen molar-refractivity contribution in [2.45, 2.75) is 13.3 Å². The molecular weight excluding hydrogens is 391 g/mol. The summed E-state index contributed by atoms with van der Waals surface area (Å²) in [5.74, 6) is 1.34. The van der Waals surface area contributed by atoms with Gasteiger partial charge in [0.1, 0.15) is 5.75 Å². The van der Waals surface area contributed by atoms with Crippen molar-refractivity contribution in [2.75, 3.05) is 6.61 Å². The lowest BCUT2D eigenvalue weighted by Gasteiger charge is -2.05. The molecule has 1 heterocycles. The molecule has 0 saturated carbocycles. The maximum absolute atomic E-state index is 6.27. The molecule has 3 rings (SSSR count). The molecule has 0 saturated heterocycles. The minimum atomic E-state index is 0.366. The number of rotatable bonds is 6. The maximum atomic E-state index is 6.27. The molecule has 0 aliphatic rings. The summed E-state index contributed by atoms with van der Waals surface area (Å²) in [6, 6.07) is 12.8. The zero-order chi connectivity index (χ0) is 18.5. The van der Waals surface area contributed by atoms with E-state index in [1.807, 2.05) is 24.3 Å². The fourth-order valence-corrected chi connectivity index (χ4v) is 2.91. The van der Waals surface area contributed by atoms with Crippen LogP contribution >= 0.6 is 35.4 Å². The van der Waals surface area contributed by atoms with Gasteiger partial charge in [0.05, 0.1) is 17.8 Å². The van der Waals surface area contributed by atoms with Crippen LogP contribution in [0.1, 0.15) is 18.9 Å². The molecule has 3 aromatic rings. The maximum Gasteiger partial charge on any atom is 0.216 e. The quantitative estimate of drug-likeness (QED) is 0.428. The minimum absolute atomic E-state index is 0.366. The molecule has 2 aromatic carbocycles. The summed E-state index contributed by atoms with van der Waals surface area (Å²) in [4.78, 5) is 0. The van der Waals surface area contributed by atoms with Crippen molar-refractivity contribution in [3.05, 3.63) is 62.8 Å². The van der Waals surface area contributed by atoms with Crippen LogP contribution in [0.25, 0.3) is 11.4 Å². The van der Waals surface area contributed by atoms with E-state index in [9.17, 15) is 0 Å². The first-order valence-electron chi connectivity index (χ1n) is 7.98. The second kappa shape index (κ2) is 8.49. The van der Waals surface area contributed by atoms with Crippen molar-refractivity contribution in [2.24, 2.45) is 5.10 Å². The Morgan fingerprint density at radius 1 is 1.23 bits per heavy atom. The zero-order valence-electron chi connectivity index (χ0n) is 13.9. The van der Waals surface area contributed by atoms with Crippen molar-refractivity contribution in [3.8, 4) is 17.1 Å². The molecule has 8 heteroatoms. The number of nitrogens with one attached hydrogen (secondary N) is 1. The summed E-state index contributed by atoms with van der Waals surface area (Å²) >= 11 is 17.5. The summed E-state index contributed by atoms with van der Waals surface area (Å²) in [6.07, 6.45) is 2.67. The molecule has 0 amide bonds. The Kier molecular flexibility index (Phi) is 6.08. The topological polar surface area (TPSA) is 55.2 Å². The van der Waals surface area contributed by atoms with E-state index in [0.717, 1.165) is 17.7 Å². The van der Waals surface area contributed by atoms with Gasteiger partial charge in [-0.15, -0.1) is 0 Å². The first-order chi connectivity index (χ1) is 12.6. The minimum Gasteiger partial charge on any atom is -0.494 e. The molecular formula is C18H16Cl2N4OS. The average Bonchev–Trinajstić information content (AvgIpc) is 2.99. The SMILES string of the molecule is CCCOc1ccc(/C=N\n2c(-c3ccc(Cl)cc3Cl)n[nH]c2=S)cc1. The van der Waals surface area contributed by atoms with Crippen LogP contribution in [-0.2, 0) is 0 Å². The number of ether oxygens (including phenoxy) is 1. The van der Waals surface area contributed by atoms with Crippen LogP contribution < -0.4 is 4.74 Å². The predicted molar refractivity (Wildman–Crippen MR) is 108 cm³/mol. The van der Waals surface area contributed by atoms with Crippen molar-refractivity contribution >= 4 is 41.6 Å². The third-order valence-corrected chi connectivity index (χ3v) is 4.31.